The minimum atomic E-state index is -0.620. The number of nitrogens with one attached hydrogen (secondary N) is 2. The van der Waals surface area contributed by atoms with Gasteiger partial charge >= 0.3 is 7.56 Å². The zero-order valence-electron chi connectivity index (χ0n) is 22.4. The van der Waals surface area contributed by atoms with Crippen molar-refractivity contribution in [2.45, 2.75) is 43.8 Å². The first-order valence-electron chi connectivity index (χ1n) is 13.6. The summed E-state index contributed by atoms with van der Waals surface area (Å²) in [6.45, 7) is 0.146. The van der Waals surface area contributed by atoms with Gasteiger partial charge in [0.15, 0.2) is 0 Å². The number of hydrogen-bond donors (Lipinski definition) is 2. The number of carbonyl (C=O) groups is 2. The molecule has 1 aliphatic carbocycles. The molecule has 2 N–H and O–H groups in total. The van der Waals surface area contributed by atoms with Crippen molar-refractivity contribution in [3.63, 3.8) is 0 Å². The van der Waals surface area contributed by atoms with Crippen molar-refractivity contribution in [1.82, 2.24) is 20.2 Å². The Morgan fingerprint density at radius 3 is 2.12 bits per heavy atom. The zero-order valence-corrected chi connectivity index (χ0v) is 22.4. The second-order valence-corrected chi connectivity index (χ2v) is 10.4. The third-order valence-electron chi connectivity index (χ3n) is 7.69. The fourth-order valence-corrected chi connectivity index (χ4v) is 5.58. The number of amides is 2. The van der Waals surface area contributed by atoms with Gasteiger partial charge in [-0.15, -0.1) is 0 Å². The maximum atomic E-state index is 13.9. The van der Waals surface area contributed by atoms with E-state index in [9.17, 15) is 22.7 Å². The van der Waals surface area contributed by atoms with Crippen LogP contribution >= 0.6 is 0 Å². The van der Waals surface area contributed by atoms with Crippen LogP contribution in [-0.2, 0) is 16.1 Å². The van der Waals surface area contributed by atoms with E-state index in [1.54, 1.807) is 59.7 Å². The Morgan fingerprint density at radius 1 is 0.927 bits per heavy atom. The Labute approximate surface area is 237 Å². The molecule has 1 heterocycles. The summed E-state index contributed by atoms with van der Waals surface area (Å²) in [5.74, 6) is -1.82. The lowest BCUT2D eigenvalue weighted by Gasteiger charge is -2.37. The molecule has 4 aromatic rings. The second kappa shape index (κ2) is 12.9. The van der Waals surface area contributed by atoms with E-state index in [0.29, 0.717) is 35.9 Å². The summed E-state index contributed by atoms with van der Waals surface area (Å²) in [6, 6.07) is 18.0. The number of carbonyl (C=O) groups excluding carboxylic acids is 2. The molecule has 1 fully saturated rings. The molecule has 10 heteroatoms. The van der Waals surface area contributed by atoms with E-state index in [4.69, 9.17) is 0 Å². The number of nitrogens with zero attached hydrogens (tertiary/aromatic N) is 2. The molecule has 0 saturated heterocycles. The monoisotopic (exact) mass is 558 g/mol. The molecular formula is C31H30BF3N4O2. The van der Waals surface area contributed by atoms with Crippen LogP contribution in [0.15, 0.2) is 91.5 Å². The van der Waals surface area contributed by atoms with Gasteiger partial charge in [-0.2, -0.15) is 0 Å². The summed E-state index contributed by atoms with van der Waals surface area (Å²) in [7, 11) is -0.585. The van der Waals surface area contributed by atoms with Gasteiger partial charge < -0.3 is 19.5 Å². The maximum absolute atomic E-state index is 13.9. The average Bonchev–Trinajstić information content (AvgIpc) is 3.50. The van der Waals surface area contributed by atoms with E-state index in [-0.39, 0.29) is 30.3 Å². The molecule has 0 aliphatic heterocycles. The first kappa shape index (κ1) is 28.2. The fourth-order valence-electron chi connectivity index (χ4n) is 5.58. The third kappa shape index (κ3) is 7.06. The Hall–Kier alpha value is -4.34. The van der Waals surface area contributed by atoms with Crippen LogP contribution in [0.5, 0.6) is 0 Å². The second-order valence-electron chi connectivity index (χ2n) is 10.4. The van der Waals surface area contributed by atoms with Crippen LogP contribution in [0.2, 0.25) is 0 Å². The van der Waals surface area contributed by atoms with Crippen LogP contribution in [0.4, 0.5) is 13.1 Å². The fraction of sp³-hybridized carbons (Fsp3) is 0.258. The van der Waals surface area contributed by atoms with Crippen molar-refractivity contribution < 1.29 is 22.7 Å². The van der Waals surface area contributed by atoms with Crippen LogP contribution < -0.4 is 16.1 Å². The lowest BCUT2D eigenvalue weighted by Crippen LogP contribution is -2.45. The summed E-state index contributed by atoms with van der Waals surface area (Å²) in [4.78, 5) is 30.6. The molecule has 210 valence electrons. The molecule has 6 nitrogen and oxygen atoms in total. The van der Waals surface area contributed by atoms with Gasteiger partial charge in [0.25, 0.3) is 0 Å². The lowest BCUT2D eigenvalue weighted by molar-refractivity contribution is -0.127. The average molecular weight is 558 g/mol. The van der Waals surface area contributed by atoms with E-state index in [1.165, 1.54) is 24.3 Å². The Balaban J connectivity index is 1.38. The van der Waals surface area contributed by atoms with Gasteiger partial charge in [0.05, 0.1) is 12.4 Å². The zero-order chi connectivity index (χ0) is 28.8. The van der Waals surface area contributed by atoms with Crippen molar-refractivity contribution >= 4 is 24.8 Å². The lowest BCUT2D eigenvalue weighted by atomic mass is 9.72. The molecule has 0 unspecified atom stereocenters. The molecule has 0 spiro atoms. The maximum Gasteiger partial charge on any atom is 0.364 e. The predicted molar refractivity (Wildman–Crippen MR) is 151 cm³/mol. The Bertz CT molecular complexity index is 1400. The Kier molecular flexibility index (Phi) is 8.87. The smallest absolute Gasteiger partial charge is 0.352 e. The largest absolute Gasteiger partial charge is 0.364 e. The van der Waals surface area contributed by atoms with Crippen molar-refractivity contribution in [3.05, 3.63) is 120 Å². The topological polar surface area (TPSA) is 76.0 Å². The van der Waals surface area contributed by atoms with E-state index in [2.05, 4.69) is 15.6 Å². The molecule has 2 amide bonds. The van der Waals surface area contributed by atoms with Crippen LogP contribution in [0.25, 0.3) is 0 Å². The molecule has 3 aromatic carbocycles. The highest BCUT2D eigenvalue weighted by Gasteiger charge is 2.37. The van der Waals surface area contributed by atoms with Crippen molar-refractivity contribution in [1.29, 1.82) is 0 Å². The van der Waals surface area contributed by atoms with Gasteiger partial charge in [0, 0.05) is 24.4 Å². The van der Waals surface area contributed by atoms with Gasteiger partial charge in [-0.05, 0) is 71.6 Å². The highest BCUT2D eigenvalue weighted by molar-refractivity contribution is 6.46. The van der Waals surface area contributed by atoms with Crippen molar-refractivity contribution in [2.75, 3.05) is 0 Å². The molecular weight excluding hydrogens is 528 g/mol. The minimum Gasteiger partial charge on any atom is -0.352 e. The quantitative estimate of drug-likeness (QED) is 0.304. The minimum absolute atomic E-state index is 0.143. The summed E-state index contributed by atoms with van der Waals surface area (Å²) in [6.07, 6.45) is 6.55. The van der Waals surface area contributed by atoms with E-state index < -0.39 is 31.2 Å². The summed E-state index contributed by atoms with van der Waals surface area (Å²) < 4.78 is 42.3. The molecule has 5 rings (SSSR count). The summed E-state index contributed by atoms with van der Waals surface area (Å²) in [5, 5.41) is 6.22. The number of rotatable bonds is 9. The highest BCUT2D eigenvalue weighted by Crippen LogP contribution is 2.39. The van der Waals surface area contributed by atoms with Gasteiger partial charge in [0.1, 0.15) is 18.2 Å². The predicted octanol–water partition coefficient (Wildman–Crippen LogP) is 4.08. The van der Waals surface area contributed by atoms with Gasteiger partial charge in [0.2, 0.25) is 11.8 Å². The van der Waals surface area contributed by atoms with E-state index in [0.717, 1.165) is 5.56 Å². The SMILES string of the molecule is O=C(Cn1ccnc1)N[C@@H]1CC[C@@H](C(=O)NC(c2ccc(F)cc2)c2ccc(F)cc2)[C@H](c2ccc(BF)cc2)C1. The van der Waals surface area contributed by atoms with Gasteiger partial charge in [-0.25, -0.2) is 13.8 Å². The number of aromatic nitrogens is 2. The summed E-state index contributed by atoms with van der Waals surface area (Å²) in [5.41, 5.74) is 2.76. The standard InChI is InChI=1S/C31H30BF3N4O2/c33-24-9-3-21(4-10-24)30(22-5-11-25(34)12-6-22)38-31(41)27-14-13-26(37-29(40)18-39-16-15-36-19-39)17-28(27)20-1-7-23(32-35)8-2-20/h1-12,15-16,19,26-28,30,32H,13-14,17-18H2,(H,37,40)(H,38,41)/t26-,27-,28+/m1/s1. The van der Waals surface area contributed by atoms with Gasteiger partial charge in [-0.3, -0.25) is 9.59 Å². The molecule has 1 aliphatic rings. The molecule has 1 aromatic heterocycles. The highest BCUT2D eigenvalue weighted by atomic mass is 19.1. The first-order chi connectivity index (χ1) is 19.9. The van der Waals surface area contributed by atoms with Crippen LogP contribution in [0.3, 0.4) is 0 Å². The number of hydrogen-bond acceptors (Lipinski definition) is 3. The molecule has 0 radical (unpaired) electrons. The normalized spacial score (nSPS) is 18.6. The van der Waals surface area contributed by atoms with Crippen molar-refractivity contribution in [3.8, 4) is 0 Å². The number of imidazole rings is 1. The summed E-state index contributed by atoms with van der Waals surface area (Å²) >= 11 is 0. The third-order valence-corrected chi connectivity index (χ3v) is 7.69. The number of benzene rings is 3. The van der Waals surface area contributed by atoms with E-state index >= 15 is 0 Å². The molecule has 1 saturated carbocycles. The van der Waals surface area contributed by atoms with Crippen LogP contribution in [0, 0.1) is 17.6 Å². The van der Waals surface area contributed by atoms with Crippen LogP contribution in [0.1, 0.15) is 47.9 Å². The first-order valence-corrected chi connectivity index (χ1v) is 13.6. The van der Waals surface area contributed by atoms with Crippen LogP contribution in [-0.4, -0.2) is 35.0 Å². The van der Waals surface area contributed by atoms with Crippen molar-refractivity contribution in [2.24, 2.45) is 5.92 Å². The number of halogens is 3. The molecule has 3 atom stereocenters. The Morgan fingerprint density at radius 2 is 1.56 bits per heavy atom. The van der Waals surface area contributed by atoms with Gasteiger partial charge in [-0.1, -0.05) is 48.5 Å². The molecule has 41 heavy (non-hydrogen) atoms. The van der Waals surface area contributed by atoms with E-state index in [1.807, 2.05) is 12.1 Å². The molecule has 0 bridgehead atoms.